The first-order valence-electron chi connectivity index (χ1n) is 5.92. The van der Waals surface area contributed by atoms with Crippen LogP contribution in [0.5, 0.6) is 0 Å². The van der Waals surface area contributed by atoms with Gasteiger partial charge >= 0.3 is 5.97 Å². The number of rotatable bonds is 3. The van der Waals surface area contributed by atoms with E-state index in [1.807, 2.05) is 6.92 Å². The summed E-state index contributed by atoms with van der Waals surface area (Å²) in [4.78, 5) is 11.8. The van der Waals surface area contributed by atoms with Gasteiger partial charge in [0.2, 0.25) is 0 Å². The van der Waals surface area contributed by atoms with Crippen LogP contribution in [-0.2, 0) is 9.53 Å². The number of hydrogen-bond acceptors (Lipinski definition) is 2. The summed E-state index contributed by atoms with van der Waals surface area (Å²) in [6.07, 6.45) is 5.84. The summed E-state index contributed by atoms with van der Waals surface area (Å²) in [7, 11) is 0. The molecule has 0 amide bonds. The minimum absolute atomic E-state index is 0.00634. The van der Waals surface area contributed by atoms with Crippen molar-refractivity contribution < 1.29 is 9.53 Å². The topological polar surface area (TPSA) is 26.3 Å². The van der Waals surface area contributed by atoms with Crippen LogP contribution in [0.4, 0.5) is 0 Å². The molecular weight excluding hydrogens is 303 g/mol. The Morgan fingerprint density at radius 1 is 1.60 bits per heavy atom. The Hall–Kier alpha value is 0.200. The smallest absolute Gasteiger partial charge is 0.319 e. The highest BCUT2D eigenvalue weighted by Crippen LogP contribution is 2.52. The van der Waals surface area contributed by atoms with Gasteiger partial charge in [-0.15, -0.1) is 0 Å². The Labute approximate surface area is 105 Å². The van der Waals surface area contributed by atoms with Crippen LogP contribution >= 0.6 is 22.6 Å². The van der Waals surface area contributed by atoms with Crippen molar-refractivity contribution in [3.63, 3.8) is 0 Å². The predicted octanol–water partition coefficient (Wildman–Crippen LogP) is 3.32. The van der Waals surface area contributed by atoms with Gasteiger partial charge in [-0.1, -0.05) is 29.5 Å². The van der Waals surface area contributed by atoms with Crippen molar-refractivity contribution in [2.24, 2.45) is 11.8 Å². The molecule has 2 saturated carbocycles. The lowest BCUT2D eigenvalue weighted by Gasteiger charge is -2.34. The molecule has 4 atom stereocenters. The third-order valence-electron chi connectivity index (χ3n) is 4.05. The van der Waals surface area contributed by atoms with Crippen LogP contribution in [0.1, 0.15) is 46.0 Å². The average molecular weight is 322 g/mol. The molecule has 0 aromatic carbocycles. The van der Waals surface area contributed by atoms with Crippen molar-refractivity contribution in [1.29, 1.82) is 0 Å². The lowest BCUT2D eigenvalue weighted by atomic mass is 9.86. The molecule has 0 aromatic heterocycles. The molecule has 3 heteroatoms. The zero-order chi connectivity index (χ0) is 11.1. The summed E-state index contributed by atoms with van der Waals surface area (Å²) in [5.74, 6) is 1.45. The van der Waals surface area contributed by atoms with E-state index in [1.54, 1.807) is 0 Å². The van der Waals surface area contributed by atoms with Gasteiger partial charge in [-0.3, -0.25) is 4.79 Å². The van der Waals surface area contributed by atoms with Crippen LogP contribution in [-0.4, -0.2) is 15.5 Å². The lowest BCUT2D eigenvalue weighted by Crippen LogP contribution is -2.39. The molecule has 86 valence electrons. The second kappa shape index (κ2) is 4.22. The molecule has 2 nitrogen and oxygen atoms in total. The average Bonchev–Trinajstić information content (AvgIpc) is 2.75. The lowest BCUT2D eigenvalue weighted by molar-refractivity contribution is -0.162. The fourth-order valence-corrected chi connectivity index (χ4v) is 3.27. The van der Waals surface area contributed by atoms with Crippen LogP contribution < -0.4 is 0 Å². The van der Waals surface area contributed by atoms with E-state index in [4.69, 9.17) is 4.74 Å². The predicted molar refractivity (Wildman–Crippen MR) is 68.0 cm³/mol. The SMILES string of the molecule is CCC(I)C(=O)OC1(C)CC2CCC1C2. The summed E-state index contributed by atoms with van der Waals surface area (Å²) in [6.45, 7) is 4.16. The number of carbonyl (C=O) groups excluding carboxylic acids is 1. The molecule has 2 rings (SSSR count). The summed E-state index contributed by atoms with van der Waals surface area (Å²) in [5.41, 5.74) is -0.140. The highest BCUT2D eigenvalue weighted by Gasteiger charge is 2.50. The molecule has 0 spiro atoms. The molecule has 2 bridgehead atoms. The molecule has 2 fully saturated rings. The number of ether oxygens (including phenoxy) is 1. The molecule has 0 radical (unpaired) electrons. The normalized spacial score (nSPS) is 40.5. The summed E-state index contributed by atoms with van der Waals surface area (Å²) in [6, 6.07) is 0. The molecular formula is C12H19IO2. The van der Waals surface area contributed by atoms with Gasteiger partial charge in [0.05, 0.1) is 0 Å². The van der Waals surface area contributed by atoms with Crippen LogP contribution in [0.15, 0.2) is 0 Å². The van der Waals surface area contributed by atoms with E-state index >= 15 is 0 Å². The first-order valence-corrected chi connectivity index (χ1v) is 7.16. The molecule has 4 unspecified atom stereocenters. The Kier molecular flexibility index (Phi) is 3.29. The number of fused-ring (bicyclic) bond motifs is 2. The number of hydrogen-bond donors (Lipinski definition) is 0. The Morgan fingerprint density at radius 3 is 2.80 bits per heavy atom. The first-order chi connectivity index (χ1) is 7.05. The largest absolute Gasteiger partial charge is 0.458 e. The molecule has 2 aliphatic rings. The van der Waals surface area contributed by atoms with Gasteiger partial charge in [0, 0.05) is 0 Å². The third-order valence-corrected chi connectivity index (χ3v) is 5.44. The highest BCUT2D eigenvalue weighted by molar-refractivity contribution is 14.1. The quantitative estimate of drug-likeness (QED) is 0.453. The van der Waals surface area contributed by atoms with Gasteiger partial charge in [-0.2, -0.15) is 0 Å². The number of esters is 1. The van der Waals surface area contributed by atoms with Gasteiger partial charge in [0.15, 0.2) is 0 Å². The van der Waals surface area contributed by atoms with Crippen molar-refractivity contribution in [3.8, 4) is 0 Å². The summed E-state index contributed by atoms with van der Waals surface area (Å²) >= 11 is 2.18. The van der Waals surface area contributed by atoms with Crippen molar-refractivity contribution >= 4 is 28.6 Å². The van der Waals surface area contributed by atoms with E-state index in [1.165, 1.54) is 19.3 Å². The third kappa shape index (κ3) is 2.17. The molecule has 0 aliphatic heterocycles. The van der Waals surface area contributed by atoms with Gasteiger partial charge in [-0.25, -0.2) is 0 Å². The maximum absolute atomic E-state index is 11.8. The van der Waals surface area contributed by atoms with Crippen LogP contribution in [0.25, 0.3) is 0 Å². The summed E-state index contributed by atoms with van der Waals surface area (Å²) < 4.78 is 5.77. The van der Waals surface area contributed by atoms with E-state index in [9.17, 15) is 4.79 Å². The van der Waals surface area contributed by atoms with Crippen LogP contribution in [0, 0.1) is 11.8 Å². The van der Waals surface area contributed by atoms with E-state index in [0.717, 1.165) is 18.8 Å². The highest BCUT2D eigenvalue weighted by atomic mass is 127. The van der Waals surface area contributed by atoms with Crippen molar-refractivity contribution in [2.45, 2.75) is 55.5 Å². The van der Waals surface area contributed by atoms with Gasteiger partial charge in [0.1, 0.15) is 9.53 Å². The van der Waals surface area contributed by atoms with Crippen molar-refractivity contribution in [1.82, 2.24) is 0 Å². The van der Waals surface area contributed by atoms with Gasteiger partial charge < -0.3 is 4.74 Å². The van der Waals surface area contributed by atoms with Crippen molar-refractivity contribution in [3.05, 3.63) is 0 Å². The minimum atomic E-state index is -0.140. The van der Waals surface area contributed by atoms with E-state index in [0.29, 0.717) is 5.92 Å². The second-order valence-electron chi connectivity index (χ2n) is 5.19. The number of carbonyl (C=O) groups is 1. The zero-order valence-electron chi connectivity index (χ0n) is 9.46. The van der Waals surface area contributed by atoms with Crippen LogP contribution in [0.2, 0.25) is 0 Å². The fraction of sp³-hybridized carbons (Fsp3) is 0.917. The molecule has 0 heterocycles. The minimum Gasteiger partial charge on any atom is -0.458 e. The molecule has 0 aromatic rings. The number of halogens is 1. The van der Waals surface area contributed by atoms with E-state index in [-0.39, 0.29) is 15.5 Å². The molecule has 0 saturated heterocycles. The summed E-state index contributed by atoms with van der Waals surface area (Å²) in [5, 5.41) is 0. The zero-order valence-corrected chi connectivity index (χ0v) is 11.6. The van der Waals surface area contributed by atoms with Crippen LogP contribution in [0.3, 0.4) is 0 Å². The molecule has 15 heavy (non-hydrogen) atoms. The second-order valence-corrected chi connectivity index (χ2v) is 6.69. The van der Waals surface area contributed by atoms with E-state index in [2.05, 4.69) is 29.5 Å². The molecule has 2 aliphatic carbocycles. The molecule has 0 N–H and O–H groups in total. The Balaban J connectivity index is 1.97. The Bertz CT molecular complexity index is 266. The van der Waals surface area contributed by atoms with E-state index < -0.39 is 0 Å². The maximum Gasteiger partial charge on any atom is 0.319 e. The monoisotopic (exact) mass is 322 g/mol. The number of alkyl halides is 1. The van der Waals surface area contributed by atoms with Gasteiger partial charge in [0.25, 0.3) is 0 Å². The van der Waals surface area contributed by atoms with Gasteiger partial charge in [-0.05, 0) is 50.9 Å². The standard InChI is InChI=1S/C12H19IO2/c1-3-10(13)11(14)15-12(2)7-8-4-5-9(12)6-8/h8-10H,3-7H2,1-2H3. The first kappa shape index (κ1) is 11.7. The maximum atomic E-state index is 11.8. The Morgan fingerprint density at radius 2 is 2.33 bits per heavy atom. The van der Waals surface area contributed by atoms with Crippen molar-refractivity contribution in [2.75, 3.05) is 0 Å². The fourth-order valence-electron chi connectivity index (χ4n) is 3.14.